The van der Waals surface area contributed by atoms with E-state index in [0.717, 1.165) is 62.5 Å². The Morgan fingerprint density at radius 2 is 1.86 bits per heavy atom. The maximum atomic E-state index is 5.98. The Labute approximate surface area is 166 Å². The number of methoxy groups -OCH3 is 2. The lowest BCUT2D eigenvalue weighted by molar-refractivity contribution is 0.0871. The van der Waals surface area contributed by atoms with Crippen LogP contribution in [0.25, 0.3) is 0 Å². The van der Waals surface area contributed by atoms with E-state index in [1.807, 2.05) is 25.3 Å². The molecule has 2 atom stereocenters. The highest BCUT2D eigenvalue weighted by atomic mass is 16.5. The van der Waals surface area contributed by atoms with Crippen LogP contribution in [0.5, 0.6) is 11.5 Å². The van der Waals surface area contributed by atoms with Gasteiger partial charge in [-0.25, -0.2) is 9.97 Å². The maximum absolute atomic E-state index is 5.98. The van der Waals surface area contributed by atoms with Crippen LogP contribution in [-0.4, -0.2) is 68.0 Å². The fourth-order valence-electron chi connectivity index (χ4n) is 4.12. The number of benzene rings is 1. The highest BCUT2D eigenvalue weighted by Crippen LogP contribution is 2.27. The number of rotatable bonds is 5. The van der Waals surface area contributed by atoms with Crippen molar-refractivity contribution >= 4 is 5.82 Å². The Morgan fingerprint density at radius 1 is 1.07 bits per heavy atom. The average molecular weight is 384 g/mol. The number of nitrogens with zero attached hydrogens (tertiary/aromatic N) is 4. The van der Waals surface area contributed by atoms with Gasteiger partial charge in [0.05, 0.1) is 33.5 Å². The van der Waals surface area contributed by atoms with Gasteiger partial charge in [0, 0.05) is 44.4 Å². The van der Waals surface area contributed by atoms with E-state index >= 15 is 0 Å². The monoisotopic (exact) mass is 384 g/mol. The molecule has 4 rings (SSSR count). The number of hydrogen-bond acceptors (Lipinski definition) is 7. The van der Waals surface area contributed by atoms with E-state index in [1.165, 1.54) is 5.56 Å². The van der Waals surface area contributed by atoms with Gasteiger partial charge in [-0.2, -0.15) is 0 Å². The lowest BCUT2D eigenvalue weighted by atomic mass is 10.1. The predicted molar refractivity (Wildman–Crippen MR) is 107 cm³/mol. The summed E-state index contributed by atoms with van der Waals surface area (Å²) >= 11 is 0. The normalized spacial score (nSPS) is 22.6. The molecule has 28 heavy (non-hydrogen) atoms. The van der Waals surface area contributed by atoms with Gasteiger partial charge in [-0.1, -0.05) is 0 Å². The summed E-state index contributed by atoms with van der Waals surface area (Å²) in [7, 11) is 3.37. The number of ether oxygens (including phenoxy) is 3. The third-order valence-corrected chi connectivity index (χ3v) is 5.46. The van der Waals surface area contributed by atoms with Crippen molar-refractivity contribution in [2.45, 2.75) is 19.5 Å². The zero-order valence-electron chi connectivity index (χ0n) is 16.8. The zero-order chi connectivity index (χ0) is 19.5. The molecule has 2 aromatic rings. The minimum absolute atomic E-state index is 0.306. The molecule has 0 saturated carbocycles. The quantitative estimate of drug-likeness (QED) is 0.783. The fraction of sp³-hybridized carbons (Fsp3) is 0.524. The van der Waals surface area contributed by atoms with Gasteiger partial charge in [0.25, 0.3) is 0 Å². The van der Waals surface area contributed by atoms with Gasteiger partial charge in [-0.05, 0) is 30.7 Å². The molecule has 3 heterocycles. The van der Waals surface area contributed by atoms with Crippen LogP contribution in [0, 0.1) is 12.8 Å². The van der Waals surface area contributed by atoms with Crippen LogP contribution in [0.3, 0.4) is 0 Å². The molecule has 7 nitrogen and oxygen atoms in total. The van der Waals surface area contributed by atoms with E-state index in [4.69, 9.17) is 14.2 Å². The van der Waals surface area contributed by atoms with Crippen molar-refractivity contribution in [1.82, 2.24) is 14.9 Å². The lowest BCUT2D eigenvalue weighted by Crippen LogP contribution is -2.43. The lowest BCUT2D eigenvalue weighted by Gasteiger charge is -2.32. The average Bonchev–Trinajstić information content (AvgIpc) is 2.97. The highest BCUT2D eigenvalue weighted by molar-refractivity contribution is 5.40. The van der Waals surface area contributed by atoms with Crippen molar-refractivity contribution in [1.29, 1.82) is 0 Å². The van der Waals surface area contributed by atoms with Gasteiger partial charge < -0.3 is 19.1 Å². The molecule has 2 aliphatic heterocycles. The second kappa shape index (κ2) is 8.32. The van der Waals surface area contributed by atoms with Crippen molar-refractivity contribution in [2.75, 3.05) is 52.0 Å². The summed E-state index contributed by atoms with van der Waals surface area (Å²) in [4.78, 5) is 13.8. The molecule has 7 heteroatoms. The largest absolute Gasteiger partial charge is 0.497 e. The van der Waals surface area contributed by atoms with Crippen LogP contribution in [-0.2, 0) is 11.3 Å². The summed E-state index contributed by atoms with van der Waals surface area (Å²) in [5.41, 5.74) is 1.19. The molecule has 0 aliphatic carbocycles. The van der Waals surface area contributed by atoms with E-state index in [-0.39, 0.29) is 0 Å². The van der Waals surface area contributed by atoms with Crippen molar-refractivity contribution in [3.8, 4) is 11.5 Å². The molecule has 0 N–H and O–H groups in total. The number of aromatic nitrogens is 2. The van der Waals surface area contributed by atoms with Gasteiger partial charge in [0.1, 0.15) is 23.1 Å². The topological polar surface area (TPSA) is 60.0 Å². The first-order chi connectivity index (χ1) is 13.6. The number of anilines is 1. The van der Waals surface area contributed by atoms with Gasteiger partial charge in [0.15, 0.2) is 0 Å². The van der Waals surface area contributed by atoms with Gasteiger partial charge >= 0.3 is 0 Å². The highest BCUT2D eigenvalue weighted by Gasteiger charge is 2.34. The van der Waals surface area contributed by atoms with Gasteiger partial charge in [0.2, 0.25) is 0 Å². The first-order valence-corrected chi connectivity index (χ1v) is 9.73. The van der Waals surface area contributed by atoms with E-state index in [0.29, 0.717) is 12.0 Å². The Hall–Kier alpha value is -2.38. The Kier molecular flexibility index (Phi) is 5.64. The molecule has 0 amide bonds. The summed E-state index contributed by atoms with van der Waals surface area (Å²) in [6, 6.07) is 8.40. The second-order valence-corrected chi connectivity index (χ2v) is 7.57. The molecular formula is C21H28N4O3. The predicted octanol–water partition coefficient (Wildman–Crippen LogP) is 2.14. The molecule has 0 radical (unpaired) electrons. The van der Waals surface area contributed by atoms with E-state index in [2.05, 4.69) is 31.9 Å². The SMILES string of the molecule is COc1cc(CN2C[C@H]3COC[C@@H]2CN(c2ccnc(C)n2)C3)cc(OC)c1. The molecule has 150 valence electrons. The fourth-order valence-corrected chi connectivity index (χ4v) is 4.12. The van der Waals surface area contributed by atoms with Gasteiger partial charge in [-0.15, -0.1) is 0 Å². The molecule has 1 aromatic heterocycles. The van der Waals surface area contributed by atoms with Crippen LogP contribution in [0.4, 0.5) is 5.82 Å². The molecular weight excluding hydrogens is 356 g/mol. The van der Waals surface area contributed by atoms with Crippen molar-refractivity contribution in [2.24, 2.45) is 5.92 Å². The van der Waals surface area contributed by atoms with Crippen LogP contribution < -0.4 is 14.4 Å². The van der Waals surface area contributed by atoms with Crippen molar-refractivity contribution in [3.63, 3.8) is 0 Å². The smallest absolute Gasteiger partial charge is 0.132 e. The summed E-state index contributed by atoms with van der Waals surface area (Å²) < 4.78 is 16.9. The van der Waals surface area contributed by atoms with Crippen LogP contribution in [0.15, 0.2) is 30.5 Å². The minimum atomic E-state index is 0.306. The molecule has 1 aromatic carbocycles. The Balaban J connectivity index is 1.56. The van der Waals surface area contributed by atoms with Crippen molar-refractivity contribution in [3.05, 3.63) is 41.9 Å². The van der Waals surface area contributed by atoms with Crippen molar-refractivity contribution < 1.29 is 14.2 Å². The number of aryl methyl sites for hydroxylation is 1. The molecule has 2 bridgehead atoms. The molecule has 0 unspecified atom stereocenters. The Bertz CT molecular complexity index is 794. The summed E-state index contributed by atoms with van der Waals surface area (Å²) in [6.07, 6.45) is 1.84. The van der Waals surface area contributed by atoms with Gasteiger partial charge in [-0.3, -0.25) is 4.90 Å². The minimum Gasteiger partial charge on any atom is -0.497 e. The molecule has 2 saturated heterocycles. The van der Waals surface area contributed by atoms with E-state index < -0.39 is 0 Å². The summed E-state index contributed by atoms with van der Waals surface area (Å²) in [5, 5.41) is 0. The number of hydrogen-bond donors (Lipinski definition) is 0. The van der Waals surface area contributed by atoms with Crippen LogP contribution in [0.2, 0.25) is 0 Å². The van der Waals surface area contributed by atoms with Crippen LogP contribution in [0.1, 0.15) is 11.4 Å². The Morgan fingerprint density at radius 3 is 2.57 bits per heavy atom. The molecule has 2 fully saturated rings. The summed E-state index contributed by atoms with van der Waals surface area (Å²) in [5.74, 6) is 3.90. The first-order valence-electron chi connectivity index (χ1n) is 9.73. The van der Waals surface area contributed by atoms with E-state index in [1.54, 1.807) is 14.2 Å². The summed E-state index contributed by atoms with van der Waals surface area (Å²) in [6.45, 7) is 7.15. The second-order valence-electron chi connectivity index (χ2n) is 7.57. The first kappa shape index (κ1) is 19.0. The molecule has 0 spiro atoms. The third kappa shape index (κ3) is 4.20. The number of fused-ring (bicyclic) bond motifs is 3. The van der Waals surface area contributed by atoms with Crippen LogP contribution >= 0.6 is 0 Å². The zero-order valence-corrected chi connectivity index (χ0v) is 16.8. The third-order valence-electron chi connectivity index (χ3n) is 5.46. The standard InChI is InChI=1S/C21H28N4O3/c1-15-22-5-4-21(23-15)25-11-17-10-24(18(12-25)14-28-13-17)9-16-6-19(26-2)8-20(7-16)27-3/h4-8,17-18H,9-14H2,1-3H3/t17-,18+/m1/s1. The maximum Gasteiger partial charge on any atom is 0.132 e. The molecule has 2 aliphatic rings. The van der Waals surface area contributed by atoms with E-state index in [9.17, 15) is 0 Å².